The van der Waals surface area contributed by atoms with E-state index in [4.69, 9.17) is 9.47 Å². The first-order chi connectivity index (χ1) is 26.9. The van der Waals surface area contributed by atoms with E-state index in [0.717, 1.165) is 59.3 Å². The van der Waals surface area contributed by atoms with Gasteiger partial charge in [0.2, 0.25) is 0 Å². The summed E-state index contributed by atoms with van der Waals surface area (Å²) in [6, 6.07) is 42.3. The lowest BCUT2D eigenvalue weighted by molar-refractivity contribution is 0.0659. The smallest absolute Gasteiger partial charge is 0.120 e. The minimum Gasteiger partial charge on any atom is -0.508 e. The monoisotopic (exact) mass is 750 g/mol. The van der Waals surface area contributed by atoms with Crippen molar-refractivity contribution in [3.05, 3.63) is 168 Å². The number of aryl methyl sites for hydroxylation is 2. The molecule has 2 aromatic heterocycles. The van der Waals surface area contributed by atoms with E-state index in [1.54, 1.807) is 12.1 Å². The highest BCUT2D eigenvalue weighted by Gasteiger charge is 2.14. The van der Waals surface area contributed by atoms with Crippen LogP contribution in [0.4, 0.5) is 0 Å². The number of aromatic hydroxyl groups is 1. The lowest BCUT2D eigenvalue weighted by Gasteiger charge is -2.17. The minimum atomic E-state index is -0.645. The number of aliphatic hydroxyl groups is 2. The predicted octanol–water partition coefficient (Wildman–Crippen LogP) is 10.7. The maximum absolute atomic E-state index is 9.88. The molecule has 7 nitrogen and oxygen atoms in total. The van der Waals surface area contributed by atoms with E-state index in [2.05, 4.69) is 88.1 Å². The number of hydrogen-bond donors (Lipinski definition) is 3. The standard InChI is InChI=1S/C20H23NO2.C16H14O.C13H17NO2/c1-20(2,22)11-13-21-12-10-17-14-18(8-9-19(17)21)23-15-16-6-4-3-5-7-16;1-2-5-13(6-3-1)12-17-16-10-9-14-7-4-8-15(14)11-16;1-13(2,16)6-8-14-7-5-10-9-11(15)3-4-12(10)14/h3-10,12,14,22H,11,13,15H2,1-2H3;1-6,8-11H,7,12H2;3-5,7,9,15-16H,6,8H2,1-2H3. The van der Waals surface area contributed by atoms with Crippen LogP contribution >= 0.6 is 0 Å². The zero-order chi connectivity index (χ0) is 39.5. The number of aromatic nitrogens is 2. The van der Waals surface area contributed by atoms with Gasteiger partial charge in [-0.1, -0.05) is 78.9 Å². The van der Waals surface area contributed by atoms with Crippen LogP contribution < -0.4 is 9.47 Å². The second-order valence-corrected chi connectivity index (χ2v) is 15.6. The Kier molecular flexibility index (Phi) is 13.0. The van der Waals surface area contributed by atoms with Crippen LogP contribution in [0.5, 0.6) is 17.2 Å². The van der Waals surface area contributed by atoms with Gasteiger partial charge >= 0.3 is 0 Å². The van der Waals surface area contributed by atoms with Gasteiger partial charge < -0.3 is 33.9 Å². The first-order valence-electron chi connectivity index (χ1n) is 19.3. The summed E-state index contributed by atoms with van der Waals surface area (Å²) in [5.74, 6) is 2.11. The van der Waals surface area contributed by atoms with Crippen molar-refractivity contribution in [1.82, 2.24) is 9.13 Å². The van der Waals surface area contributed by atoms with E-state index >= 15 is 0 Å². The Morgan fingerprint density at radius 1 is 0.571 bits per heavy atom. The summed E-state index contributed by atoms with van der Waals surface area (Å²) in [5, 5.41) is 31.1. The Hall–Kier alpha value is -5.76. The van der Waals surface area contributed by atoms with Gasteiger partial charge in [0.05, 0.1) is 11.2 Å². The number of fused-ring (bicyclic) bond motifs is 3. The quantitative estimate of drug-likeness (QED) is 0.116. The number of rotatable bonds is 12. The van der Waals surface area contributed by atoms with Gasteiger partial charge in [0.25, 0.3) is 0 Å². The number of nitrogens with zero attached hydrogens (tertiary/aromatic N) is 2. The van der Waals surface area contributed by atoms with Crippen LogP contribution in [-0.2, 0) is 32.7 Å². The van der Waals surface area contributed by atoms with Crippen molar-refractivity contribution in [3.63, 3.8) is 0 Å². The molecule has 0 saturated heterocycles. The second-order valence-electron chi connectivity index (χ2n) is 15.6. The van der Waals surface area contributed by atoms with Crippen molar-refractivity contribution in [2.24, 2.45) is 0 Å². The predicted molar refractivity (Wildman–Crippen MR) is 228 cm³/mol. The number of allylic oxidation sites excluding steroid dienone is 1. The van der Waals surface area contributed by atoms with Crippen LogP contribution in [0.1, 0.15) is 62.8 Å². The average Bonchev–Trinajstić information content (AvgIpc) is 3.93. The summed E-state index contributed by atoms with van der Waals surface area (Å²) in [6.45, 7) is 10.1. The molecule has 1 aliphatic carbocycles. The Balaban J connectivity index is 0.000000146. The molecule has 0 atom stereocenters. The Bertz CT molecular complexity index is 2330. The summed E-state index contributed by atoms with van der Waals surface area (Å²) in [5.41, 5.74) is 6.00. The third-order valence-electron chi connectivity index (χ3n) is 9.68. The normalized spacial score (nSPS) is 12.1. The highest BCUT2D eigenvalue weighted by molar-refractivity contribution is 5.82. The van der Waals surface area contributed by atoms with Crippen molar-refractivity contribution in [3.8, 4) is 17.2 Å². The highest BCUT2D eigenvalue weighted by Crippen LogP contribution is 2.26. The first kappa shape index (κ1) is 39.9. The molecular weight excluding hydrogens is 697 g/mol. The summed E-state index contributed by atoms with van der Waals surface area (Å²) in [6.07, 6.45) is 10.9. The van der Waals surface area contributed by atoms with Crippen molar-refractivity contribution in [2.75, 3.05) is 0 Å². The van der Waals surface area contributed by atoms with Crippen LogP contribution in [0.15, 0.2) is 146 Å². The molecule has 2 heterocycles. The maximum atomic E-state index is 9.88. The topological polar surface area (TPSA) is 89.0 Å². The maximum Gasteiger partial charge on any atom is 0.120 e. The molecule has 7 aromatic rings. The lowest BCUT2D eigenvalue weighted by atomic mass is 10.1. The van der Waals surface area contributed by atoms with Crippen molar-refractivity contribution < 1.29 is 24.8 Å². The van der Waals surface area contributed by atoms with E-state index in [0.29, 0.717) is 19.6 Å². The number of hydrogen-bond acceptors (Lipinski definition) is 5. The SMILES string of the molecule is C1=Cc2cc(OCc3ccccc3)ccc2C1.CC(C)(O)CCn1ccc2cc(O)ccc21.CC(C)(O)CCn1ccc2cc(OCc3ccccc3)ccc21. The minimum absolute atomic E-state index is 0.285. The molecule has 0 saturated carbocycles. The lowest BCUT2D eigenvalue weighted by Crippen LogP contribution is -2.20. The first-order valence-corrected chi connectivity index (χ1v) is 19.3. The number of phenols is 1. The van der Waals surface area contributed by atoms with Gasteiger partial charge in [0, 0.05) is 47.3 Å². The Morgan fingerprint density at radius 3 is 1.62 bits per heavy atom. The van der Waals surface area contributed by atoms with E-state index < -0.39 is 11.2 Å². The average molecular weight is 751 g/mol. The molecule has 3 N–H and O–H groups in total. The van der Waals surface area contributed by atoms with Gasteiger partial charge in [0.1, 0.15) is 30.5 Å². The molecule has 0 radical (unpaired) electrons. The summed E-state index contributed by atoms with van der Waals surface area (Å²) < 4.78 is 15.9. The molecule has 0 aliphatic heterocycles. The van der Waals surface area contributed by atoms with E-state index in [-0.39, 0.29) is 5.75 Å². The van der Waals surface area contributed by atoms with Crippen LogP contribution in [0.2, 0.25) is 0 Å². The molecule has 7 heteroatoms. The summed E-state index contributed by atoms with van der Waals surface area (Å²) >= 11 is 0. The van der Waals surface area contributed by atoms with Gasteiger partial charge in [-0.15, -0.1) is 0 Å². The third kappa shape index (κ3) is 11.9. The van der Waals surface area contributed by atoms with Gasteiger partial charge in [0.15, 0.2) is 0 Å². The molecule has 1 aliphatic rings. The largest absolute Gasteiger partial charge is 0.508 e. The zero-order valence-electron chi connectivity index (χ0n) is 32.9. The van der Waals surface area contributed by atoms with Crippen LogP contribution in [-0.4, -0.2) is 35.7 Å². The van der Waals surface area contributed by atoms with E-state index in [1.165, 1.54) is 22.2 Å². The van der Waals surface area contributed by atoms with Gasteiger partial charge in [-0.25, -0.2) is 0 Å². The molecule has 290 valence electrons. The fourth-order valence-corrected chi connectivity index (χ4v) is 6.43. The van der Waals surface area contributed by atoms with E-state index in [1.807, 2.05) is 88.5 Å². The molecule has 8 rings (SSSR count). The fourth-order valence-electron chi connectivity index (χ4n) is 6.43. The number of ether oxygens (including phenoxy) is 2. The second kappa shape index (κ2) is 18.2. The summed E-state index contributed by atoms with van der Waals surface area (Å²) in [7, 11) is 0. The third-order valence-corrected chi connectivity index (χ3v) is 9.68. The van der Waals surface area contributed by atoms with Crippen molar-refractivity contribution >= 4 is 27.9 Å². The van der Waals surface area contributed by atoms with Crippen molar-refractivity contribution in [2.45, 2.75) is 84.5 Å². The van der Waals surface area contributed by atoms with Gasteiger partial charge in [-0.3, -0.25) is 0 Å². The Morgan fingerprint density at radius 2 is 1.07 bits per heavy atom. The van der Waals surface area contributed by atoms with Crippen LogP contribution in [0.25, 0.3) is 27.9 Å². The van der Waals surface area contributed by atoms with Crippen LogP contribution in [0, 0.1) is 0 Å². The zero-order valence-corrected chi connectivity index (χ0v) is 32.9. The molecule has 56 heavy (non-hydrogen) atoms. The van der Waals surface area contributed by atoms with E-state index in [9.17, 15) is 15.3 Å². The number of benzene rings is 5. The molecule has 5 aromatic carbocycles. The molecule has 0 spiro atoms. The van der Waals surface area contributed by atoms with Gasteiger partial charge in [-0.05, 0) is 130 Å². The molecular formula is C49H54N2O5. The van der Waals surface area contributed by atoms with Crippen molar-refractivity contribution in [1.29, 1.82) is 0 Å². The van der Waals surface area contributed by atoms with Gasteiger partial charge in [-0.2, -0.15) is 0 Å². The molecule has 0 bridgehead atoms. The molecule has 0 unspecified atom stereocenters. The number of phenolic OH excluding ortho intramolecular Hbond substituents is 1. The summed E-state index contributed by atoms with van der Waals surface area (Å²) in [4.78, 5) is 0. The van der Waals surface area contributed by atoms with Crippen LogP contribution in [0.3, 0.4) is 0 Å². The highest BCUT2D eigenvalue weighted by atomic mass is 16.5. The molecule has 0 fully saturated rings. The Labute approximate surface area is 330 Å². The molecule has 0 amide bonds. The fraction of sp³-hybridized carbons (Fsp3) is 0.265.